The van der Waals surface area contributed by atoms with E-state index in [1.54, 1.807) is 13.0 Å². The van der Waals surface area contributed by atoms with E-state index in [1.807, 2.05) is 18.7 Å². The van der Waals surface area contributed by atoms with Crippen LogP contribution in [0.3, 0.4) is 0 Å². The first kappa shape index (κ1) is 20.7. The molecule has 5 nitrogen and oxygen atoms in total. The van der Waals surface area contributed by atoms with Gasteiger partial charge in [0, 0.05) is 11.9 Å². The van der Waals surface area contributed by atoms with Crippen LogP contribution in [0.4, 0.5) is 24.7 Å². The number of hydrogen-bond acceptors (Lipinski definition) is 5. The van der Waals surface area contributed by atoms with Gasteiger partial charge < -0.3 is 10.1 Å². The van der Waals surface area contributed by atoms with Crippen LogP contribution in [0.15, 0.2) is 42.6 Å². The number of hydrogen-bond donors (Lipinski definition) is 1. The van der Waals surface area contributed by atoms with Crippen LogP contribution >= 0.6 is 0 Å². The molecule has 0 aliphatic carbocycles. The second-order valence-corrected chi connectivity index (χ2v) is 5.83. The van der Waals surface area contributed by atoms with Crippen molar-refractivity contribution in [3.63, 3.8) is 0 Å². The second kappa shape index (κ2) is 8.85. The Morgan fingerprint density at radius 2 is 1.93 bits per heavy atom. The van der Waals surface area contributed by atoms with E-state index >= 15 is 0 Å². The Kier molecular flexibility index (Phi) is 6.79. The molecular weight excluding hydrogens is 359 g/mol. The zero-order valence-corrected chi connectivity index (χ0v) is 15.4. The van der Waals surface area contributed by atoms with E-state index < -0.39 is 23.9 Å². The Hall–Kier alpha value is -2.61. The first-order valence-electron chi connectivity index (χ1n) is 8.60. The van der Waals surface area contributed by atoms with E-state index in [0.717, 1.165) is 12.1 Å². The molecule has 1 heterocycles. The largest absolute Gasteiger partial charge is 0.443 e. The predicted octanol–water partition coefficient (Wildman–Crippen LogP) is 4.69. The molecule has 8 heteroatoms. The molecule has 146 valence electrons. The molecule has 1 unspecified atom stereocenters. The maximum absolute atomic E-state index is 12.9. The summed E-state index contributed by atoms with van der Waals surface area (Å²) < 4.78 is 44.1. The molecule has 1 N–H and O–H groups in total. The summed E-state index contributed by atoms with van der Waals surface area (Å²) in [6.45, 7) is 7.11. The Morgan fingerprint density at radius 3 is 2.56 bits per heavy atom. The SMILES string of the molecule is CCN(CC)C(C)OC(=O)c1cccnc1Nc1cccc(C(F)(F)F)c1. The number of aromatic nitrogens is 1. The number of halogens is 3. The third-order valence-electron chi connectivity index (χ3n) is 4.08. The fourth-order valence-electron chi connectivity index (χ4n) is 2.61. The van der Waals surface area contributed by atoms with Crippen molar-refractivity contribution in [1.29, 1.82) is 0 Å². The third-order valence-corrected chi connectivity index (χ3v) is 4.08. The topological polar surface area (TPSA) is 54.5 Å². The molecular formula is C19H22F3N3O2. The molecule has 0 saturated heterocycles. The number of benzene rings is 1. The van der Waals surface area contributed by atoms with Crippen LogP contribution < -0.4 is 5.32 Å². The van der Waals surface area contributed by atoms with Gasteiger partial charge in [-0.1, -0.05) is 19.9 Å². The van der Waals surface area contributed by atoms with Gasteiger partial charge in [0.05, 0.1) is 5.56 Å². The van der Waals surface area contributed by atoms with Gasteiger partial charge in [0.25, 0.3) is 0 Å². The number of carbonyl (C=O) groups is 1. The van der Waals surface area contributed by atoms with Crippen molar-refractivity contribution in [2.24, 2.45) is 0 Å². The average molecular weight is 381 g/mol. The monoisotopic (exact) mass is 381 g/mol. The number of rotatable bonds is 7. The van der Waals surface area contributed by atoms with Crippen molar-refractivity contribution in [3.8, 4) is 0 Å². The lowest BCUT2D eigenvalue weighted by Gasteiger charge is -2.26. The molecule has 0 fully saturated rings. The average Bonchev–Trinajstić information content (AvgIpc) is 2.62. The van der Waals surface area contributed by atoms with Crippen molar-refractivity contribution < 1.29 is 22.7 Å². The molecule has 0 bridgehead atoms. The van der Waals surface area contributed by atoms with Crippen molar-refractivity contribution in [2.75, 3.05) is 18.4 Å². The summed E-state index contributed by atoms with van der Waals surface area (Å²) in [7, 11) is 0. The lowest BCUT2D eigenvalue weighted by Crippen LogP contribution is -2.36. The number of nitrogens with one attached hydrogen (secondary N) is 1. The van der Waals surface area contributed by atoms with Crippen molar-refractivity contribution >= 4 is 17.5 Å². The van der Waals surface area contributed by atoms with Crippen LogP contribution in [0.25, 0.3) is 0 Å². The van der Waals surface area contributed by atoms with Gasteiger partial charge in [-0.3, -0.25) is 4.90 Å². The summed E-state index contributed by atoms with van der Waals surface area (Å²) in [5.74, 6) is -0.467. The second-order valence-electron chi connectivity index (χ2n) is 5.83. The fourth-order valence-corrected chi connectivity index (χ4v) is 2.61. The highest BCUT2D eigenvalue weighted by molar-refractivity contribution is 5.95. The minimum atomic E-state index is -4.46. The molecule has 2 rings (SSSR count). The number of anilines is 2. The number of ether oxygens (including phenoxy) is 1. The number of esters is 1. The summed E-state index contributed by atoms with van der Waals surface area (Å²) in [5.41, 5.74) is -0.467. The van der Waals surface area contributed by atoms with Gasteiger partial charge in [-0.15, -0.1) is 0 Å². The van der Waals surface area contributed by atoms with Gasteiger partial charge in [0.1, 0.15) is 11.4 Å². The van der Waals surface area contributed by atoms with Crippen LogP contribution in [0, 0.1) is 0 Å². The number of nitrogens with zero attached hydrogens (tertiary/aromatic N) is 2. The predicted molar refractivity (Wildman–Crippen MR) is 96.8 cm³/mol. The normalized spacial score (nSPS) is 12.7. The van der Waals surface area contributed by atoms with E-state index in [0.29, 0.717) is 13.1 Å². The minimum absolute atomic E-state index is 0.133. The zero-order chi connectivity index (χ0) is 20.0. The molecule has 0 amide bonds. The summed E-state index contributed by atoms with van der Waals surface area (Å²) in [6, 6.07) is 7.77. The smallest absolute Gasteiger partial charge is 0.416 e. The van der Waals surface area contributed by atoms with Crippen molar-refractivity contribution in [1.82, 2.24) is 9.88 Å². The molecule has 0 saturated carbocycles. The maximum Gasteiger partial charge on any atom is 0.416 e. The van der Waals surface area contributed by atoms with Crippen LogP contribution in [0.1, 0.15) is 36.7 Å². The van der Waals surface area contributed by atoms with Crippen molar-refractivity contribution in [2.45, 2.75) is 33.2 Å². The highest BCUT2D eigenvalue weighted by Gasteiger charge is 2.30. The molecule has 0 aliphatic heterocycles. The Balaban J connectivity index is 2.22. The van der Waals surface area contributed by atoms with E-state index in [4.69, 9.17) is 4.74 Å². The van der Waals surface area contributed by atoms with Crippen molar-refractivity contribution in [3.05, 3.63) is 53.7 Å². The number of pyridine rings is 1. The van der Waals surface area contributed by atoms with Gasteiger partial charge in [-0.05, 0) is 50.3 Å². The Bertz CT molecular complexity index is 777. The number of alkyl halides is 3. The standard InChI is InChI=1S/C19H22F3N3O2/c1-4-25(5-2)13(3)27-18(26)16-10-7-11-23-17(16)24-15-9-6-8-14(12-15)19(20,21)22/h6-13H,4-5H2,1-3H3,(H,23,24). The van der Waals surface area contributed by atoms with Crippen LogP contribution in [0.5, 0.6) is 0 Å². The molecule has 1 aromatic carbocycles. The maximum atomic E-state index is 12.9. The molecule has 2 aromatic rings. The third kappa shape index (κ3) is 5.43. The van der Waals surface area contributed by atoms with E-state index in [-0.39, 0.29) is 17.1 Å². The number of carbonyl (C=O) groups excluding carboxylic acids is 1. The molecule has 0 spiro atoms. The molecule has 27 heavy (non-hydrogen) atoms. The van der Waals surface area contributed by atoms with Gasteiger partial charge in [0.15, 0.2) is 6.23 Å². The van der Waals surface area contributed by atoms with Gasteiger partial charge in [-0.2, -0.15) is 13.2 Å². The summed E-state index contributed by atoms with van der Waals surface area (Å²) in [6.07, 6.45) is -3.45. The van der Waals surface area contributed by atoms with Gasteiger partial charge in [-0.25, -0.2) is 9.78 Å². The van der Waals surface area contributed by atoms with E-state index in [2.05, 4.69) is 10.3 Å². The summed E-state index contributed by atoms with van der Waals surface area (Å²) in [5, 5.41) is 2.77. The highest BCUT2D eigenvalue weighted by Crippen LogP contribution is 2.31. The summed E-state index contributed by atoms with van der Waals surface area (Å²) >= 11 is 0. The zero-order valence-electron chi connectivity index (χ0n) is 15.4. The van der Waals surface area contributed by atoms with Crippen LogP contribution in [0.2, 0.25) is 0 Å². The Morgan fingerprint density at radius 1 is 1.22 bits per heavy atom. The fraction of sp³-hybridized carbons (Fsp3) is 0.368. The Labute approximate surface area is 156 Å². The van der Waals surface area contributed by atoms with Gasteiger partial charge >= 0.3 is 12.1 Å². The minimum Gasteiger partial charge on any atom is -0.443 e. The lowest BCUT2D eigenvalue weighted by molar-refractivity contribution is -0.137. The van der Waals surface area contributed by atoms with E-state index in [1.165, 1.54) is 24.4 Å². The van der Waals surface area contributed by atoms with Crippen LogP contribution in [-0.4, -0.2) is 35.2 Å². The van der Waals surface area contributed by atoms with Crippen LogP contribution in [-0.2, 0) is 10.9 Å². The van der Waals surface area contributed by atoms with Gasteiger partial charge in [0.2, 0.25) is 0 Å². The first-order valence-corrected chi connectivity index (χ1v) is 8.60. The summed E-state index contributed by atoms with van der Waals surface area (Å²) in [4.78, 5) is 18.5. The molecule has 0 radical (unpaired) electrons. The van der Waals surface area contributed by atoms with E-state index in [9.17, 15) is 18.0 Å². The first-order chi connectivity index (χ1) is 12.8. The lowest BCUT2D eigenvalue weighted by atomic mass is 10.2. The molecule has 0 aliphatic rings. The quantitative estimate of drug-likeness (QED) is 0.557. The molecule has 1 atom stereocenters. The molecule has 1 aromatic heterocycles. The highest BCUT2D eigenvalue weighted by atomic mass is 19.4.